The minimum absolute atomic E-state index is 0.168. The molecule has 0 saturated carbocycles. The number of benzene rings is 1. The molecule has 5 heteroatoms. The van der Waals surface area contributed by atoms with Crippen molar-refractivity contribution in [2.75, 3.05) is 18.5 Å². The second kappa shape index (κ2) is 11.7. The van der Waals surface area contributed by atoms with Crippen LogP contribution in [-0.4, -0.2) is 17.7 Å². The molecule has 1 aromatic carbocycles. The lowest BCUT2D eigenvalue weighted by atomic mass is 10.1. The number of nitrogens with zero attached hydrogens (tertiary/aromatic N) is 1. The summed E-state index contributed by atoms with van der Waals surface area (Å²) in [7, 11) is 1.79. The third kappa shape index (κ3) is 5.80. The summed E-state index contributed by atoms with van der Waals surface area (Å²) in [6.45, 7) is 11.9. The van der Waals surface area contributed by atoms with Gasteiger partial charge >= 0.3 is 0 Å². The number of fused-ring (bicyclic) bond motifs is 1. The second-order valence-corrected chi connectivity index (χ2v) is 7.95. The van der Waals surface area contributed by atoms with E-state index < -0.39 is 0 Å². The molecular weight excluding hydrogens is 376 g/mol. The largest absolute Gasteiger partial charge is 0.485 e. The number of nitrogens with one attached hydrogen (secondary N) is 1. The summed E-state index contributed by atoms with van der Waals surface area (Å²) in [6.07, 6.45) is 7.08. The first kappa shape index (κ1) is 23.8. The number of aromatic nitrogens is 1. The molecule has 166 valence electrons. The number of rotatable bonds is 12. The molecule has 1 N–H and O–H groups in total. The third-order valence-corrected chi connectivity index (χ3v) is 5.37. The van der Waals surface area contributed by atoms with E-state index in [1.54, 1.807) is 11.6 Å². The van der Waals surface area contributed by atoms with Gasteiger partial charge in [-0.05, 0) is 50.0 Å². The average molecular weight is 415 g/mol. The molecule has 0 radical (unpaired) electrons. The first-order valence-corrected chi connectivity index (χ1v) is 11.3. The molecule has 0 aliphatic carbocycles. The van der Waals surface area contributed by atoms with Gasteiger partial charge < -0.3 is 19.4 Å². The van der Waals surface area contributed by atoms with Crippen LogP contribution in [0, 0.1) is 5.92 Å². The van der Waals surface area contributed by atoms with Crippen molar-refractivity contribution in [2.45, 2.75) is 66.7 Å². The number of allylic oxidation sites excluding steroid dienone is 2. The van der Waals surface area contributed by atoms with Crippen molar-refractivity contribution >= 4 is 16.6 Å². The Hall–Kier alpha value is -2.43. The number of hydrogen-bond acceptors (Lipinski definition) is 4. The Morgan fingerprint density at radius 1 is 1.20 bits per heavy atom. The van der Waals surface area contributed by atoms with Gasteiger partial charge in [0.2, 0.25) is 5.75 Å². The molecule has 1 aromatic heterocycles. The van der Waals surface area contributed by atoms with Crippen molar-refractivity contribution in [3.8, 4) is 11.5 Å². The molecule has 2 rings (SSSR count). The molecule has 0 bridgehead atoms. The highest BCUT2D eigenvalue weighted by molar-refractivity contribution is 5.90. The number of hydrogen-bond donors (Lipinski definition) is 1. The Bertz CT molecular complexity index is 915. The quantitative estimate of drug-likeness (QED) is 0.329. The summed E-state index contributed by atoms with van der Waals surface area (Å²) < 4.78 is 14.0. The summed E-state index contributed by atoms with van der Waals surface area (Å²) in [5, 5.41) is 4.32. The van der Waals surface area contributed by atoms with Crippen molar-refractivity contribution < 1.29 is 9.47 Å². The normalized spacial score (nSPS) is 12.8. The monoisotopic (exact) mass is 414 g/mol. The van der Waals surface area contributed by atoms with Crippen molar-refractivity contribution in [2.24, 2.45) is 13.0 Å². The summed E-state index contributed by atoms with van der Waals surface area (Å²) in [6, 6.07) is 6.08. The lowest BCUT2D eigenvalue weighted by molar-refractivity contribution is 0.237. The molecule has 0 spiro atoms. The van der Waals surface area contributed by atoms with Crippen LogP contribution in [0.2, 0.25) is 0 Å². The van der Waals surface area contributed by atoms with Gasteiger partial charge in [-0.3, -0.25) is 4.79 Å². The van der Waals surface area contributed by atoms with E-state index in [0.29, 0.717) is 24.0 Å². The Morgan fingerprint density at radius 3 is 2.60 bits per heavy atom. The van der Waals surface area contributed by atoms with Crippen molar-refractivity contribution in [1.82, 2.24) is 4.57 Å². The Labute approximate surface area is 181 Å². The van der Waals surface area contributed by atoms with Crippen LogP contribution >= 0.6 is 0 Å². The standard InChI is InChI=1S/C25H38N2O3/c1-7-11-15-26-19-13-14-21-22(16-19)27(6)25(28)24(29-17-18(5)12-8-2)23(21)30-20(9-3)10-4/h9,13-14,16,18,26H,7-8,10-12,15,17H2,1-6H3. The van der Waals surface area contributed by atoms with Gasteiger partial charge in [0.25, 0.3) is 5.56 Å². The Morgan fingerprint density at radius 2 is 1.97 bits per heavy atom. The highest BCUT2D eigenvalue weighted by Crippen LogP contribution is 2.36. The molecule has 1 atom stereocenters. The van der Waals surface area contributed by atoms with Gasteiger partial charge in [0.05, 0.1) is 17.9 Å². The lowest BCUT2D eigenvalue weighted by Crippen LogP contribution is -2.23. The highest BCUT2D eigenvalue weighted by atomic mass is 16.5. The summed E-state index contributed by atoms with van der Waals surface area (Å²) in [5.41, 5.74) is 1.67. The summed E-state index contributed by atoms with van der Waals surface area (Å²) in [5.74, 6) is 2.02. The molecule has 5 nitrogen and oxygen atoms in total. The van der Waals surface area contributed by atoms with E-state index in [1.165, 1.54) is 0 Å². The van der Waals surface area contributed by atoms with Crippen LogP contribution in [0.1, 0.15) is 66.7 Å². The molecule has 1 unspecified atom stereocenters. The number of pyridine rings is 1. The lowest BCUT2D eigenvalue weighted by Gasteiger charge is -2.19. The van der Waals surface area contributed by atoms with Crippen molar-refractivity contribution in [3.63, 3.8) is 0 Å². The number of unbranched alkanes of at least 4 members (excludes halogenated alkanes) is 1. The molecule has 0 aliphatic heterocycles. The third-order valence-electron chi connectivity index (χ3n) is 5.37. The molecule has 2 aromatic rings. The summed E-state index contributed by atoms with van der Waals surface area (Å²) >= 11 is 0. The maximum absolute atomic E-state index is 13.2. The van der Waals surface area contributed by atoms with Gasteiger partial charge in [-0.2, -0.15) is 0 Å². The zero-order chi connectivity index (χ0) is 22.1. The van der Waals surface area contributed by atoms with Gasteiger partial charge in [-0.1, -0.05) is 40.5 Å². The SMILES string of the molecule is CC=C(CC)Oc1c(OCC(C)CCC)c(=O)n(C)c2cc(NCCCC)ccc12. The van der Waals surface area contributed by atoms with Gasteiger partial charge in [-0.15, -0.1) is 0 Å². The maximum Gasteiger partial charge on any atom is 0.297 e. The van der Waals surface area contributed by atoms with Gasteiger partial charge in [0, 0.05) is 31.1 Å². The van der Waals surface area contributed by atoms with Crippen LogP contribution in [-0.2, 0) is 7.05 Å². The van der Waals surface area contributed by atoms with E-state index in [4.69, 9.17) is 9.47 Å². The van der Waals surface area contributed by atoms with Gasteiger partial charge in [0.15, 0.2) is 5.75 Å². The fraction of sp³-hybridized carbons (Fsp3) is 0.560. The first-order chi connectivity index (χ1) is 14.5. The maximum atomic E-state index is 13.2. The first-order valence-electron chi connectivity index (χ1n) is 11.3. The second-order valence-electron chi connectivity index (χ2n) is 7.95. The van der Waals surface area contributed by atoms with E-state index in [-0.39, 0.29) is 5.56 Å². The minimum atomic E-state index is -0.168. The topological polar surface area (TPSA) is 52.5 Å². The van der Waals surface area contributed by atoms with Crippen LogP contribution in [0.15, 0.2) is 34.8 Å². The number of ether oxygens (including phenoxy) is 2. The Kier molecular flexibility index (Phi) is 9.28. The Balaban J connectivity index is 2.55. The molecule has 0 fully saturated rings. The molecule has 30 heavy (non-hydrogen) atoms. The molecule has 0 saturated heterocycles. The smallest absolute Gasteiger partial charge is 0.297 e. The van der Waals surface area contributed by atoms with Gasteiger partial charge in [-0.25, -0.2) is 0 Å². The van der Waals surface area contributed by atoms with Crippen molar-refractivity contribution in [3.05, 3.63) is 40.4 Å². The average Bonchev–Trinajstić information content (AvgIpc) is 2.75. The van der Waals surface area contributed by atoms with E-state index in [2.05, 4.69) is 26.1 Å². The molecule has 0 amide bonds. The van der Waals surface area contributed by atoms with E-state index >= 15 is 0 Å². The van der Waals surface area contributed by atoms with Gasteiger partial charge in [0.1, 0.15) is 0 Å². The number of aryl methyl sites for hydroxylation is 1. The minimum Gasteiger partial charge on any atom is -0.485 e. The number of anilines is 1. The highest BCUT2D eigenvalue weighted by Gasteiger charge is 2.20. The van der Waals surface area contributed by atoms with Crippen LogP contribution in [0.5, 0.6) is 11.5 Å². The van der Waals surface area contributed by atoms with Crippen LogP contribution in [0.25, 0.3) is 10.9 Å². The van der Waals surface area contributed by atoms with E-state index in [1.807, 2.05) is 38.1 Å². The molecular formula is C25H38N2O3. The van der Waals surface area contributed by atoms with E-state index in [0.717, 1.165) is 61.0 Å². The zero-order valence-electron chi connectivity index (χ0n) is 19.5. The molecule has 1 heterocycles. The van der Waals surface area contributed by atoms with Crippen molar-refractivity contribution in [1.29, 1.82) is 0 Å². The molecule has 0 aliphatic rings. The fourth-order valence-electron chi connectivity index (χ4n) is 3.50. The predicted molar refractivity (Wildman–Crippen MR) is 127 cm³/mol. The van der Waals surface area contributed by atoms with Crippen LogP contribution in [0.3, 0.4) is 0 Å². The van der Waals surface area contributed by atoms with E-state index in [9.17, 15) is 4.79 Å². The van der Waals surface area contributed by atoms with Crippen LogP contribution < -0.4 is 20.3 Å². The zero-order valence-corrected chi connectivity index (χ0v) is 19.5. The van der Waals surface area contributed by atoms with Crippen LogP contribution in [0.4, 0.5) is 5.69 Å². The predicted octanol–water partition coefficient (Wildman–Crippen LogP) is 6.26. The summed E-state index contributed by atoms with van der Waals surface area (Å²) in [4.78, 5) is 13.2. The fourth-order valence-corrected chi connectivity index (χ4v) is 3.50.